The molecule has 0 aliphatic heterocycles. The van der Waals surface area contributed by atoms with E-state index in [0.717, 1.165) is 4.47 Å². The van der Waals surface area contributed by atoms with Crippen LogP contribution in [-0.2, 0) is 16.1 Å². The van der Waals surface area contributed by atoms with E-state index in [1.807, 2.05) is 6.92 Å². The van der Waals surface area contributed by atoms with Gasteiger partial charge in [0.1, 0.15) is 0 Å². The third kappa shape index (κ3) is 3.81. The number of rotatable bonds is 4. The molecule has 0 aliphatic carbocycles. The third-order valence-corrected chi connectivity index (χ3v) is 3.37. The standard InChI is InChI=1S/C12H13Br2NO3/c1-3-8(12(17)18-2)4-5-15-7-9(13)6-10(14)11(15)16/h4,6-7H,3,5H2,1-2H3/b8-4-. The molecule has 0 radical (unpaired) electrons. The minimum Gasteiger partial charge on any atom is -0.466 e. The maximum atomic E-state index is 11.8. The van der Waals surface area contributed by atoms with Crippen molar-refractivity contribution >= 4 is 37.8 Å². The van der Waals surface area contributed by atoms with Crippen molar-refractivity contribution in [3.05, 3.63) is 43.2 Å². The number of methoxy groups -OCH3 is 1. The van der Waals surface area contributed by atoms with E-state index >= 15 is 0 Å². The lowest BCUT2D eigenvalue weighted by Gasteiger charge is -2.06. The van der Waals surface area contributed by atoms with E-state index in [4.69, 9.17) is 0 Å². The minimum atomic E-state index is -0.361. The summed E-state index contributed by atoms with van der Waals surface area (Å²) in [4.78, 5) is 23.2. The number of aromatic nitrogens is 1. The number of pyridine rings is 1. The number of hydrogen-bond acceptors (Lipinski definition) is 3. The Morgan fingerprint density at radius 3 is 2.72 bits per heavy atom. The van der Waals surface area contributed by atoms with Gasteiger partial charge < -0.3 is 9.30 Å². The van der Waals surface area contributed by atoms with Crippen LogP contribution in [0.4, 0.5) is 0 Å². The summed E-state index contributed by atoms with van der Waals surface area (Å²) in [6, 6.07) is 1.68. The summed E-state index contributed by atoms with van der Waals surface area (Å²) in [6.45, 7) is 2.19. The number of esters is 1. The molecule has 1 aromatic heterocycles. The van der Waals surface area contributed by atoms with Gasteiger partial charge in [-0.2, -0.15) is 0 Å². The molecule has 18 heavy (non-hydrogen) atoms. The molecule has 6 heteroatoms. The lowest BCUT2D eigenvalue weighted by atomic mass is 10.2. The van der Waals surface area contributed by atoms with Crippen molar-refractivity contribution in [1.82, 2.24) is 4.57 Å². The second kappa shape index (κ2) is 6.89. The van der Waals surface area contributed by atoms with Crippen LogP contribution >= 0.6 is 31.9 Å². The Labute approximate surface area is 122 Å². The van der Waals surface area contributed by atoms with Gasteiger partial charge >= 0.3 is 5.97 Å². The third-order valence-electron chi connectivity index (χ3n) is 2.37. The first-order valence-corrected chi connectivity index (χ1v) is 6.91. The lowest BCUT2D eigenvalue weighted by molar-refractivity contribution is -0.136. The average molecular weight is 379 g/mol. The Kier molecular flexibility index (Phi) is 5.81. The Balaban J connectivity index is 3.02. The molecular weight excluding hydrogens is 366 g/mol. The highest BCUT2D eigenvalue weighted by Gasteiger charge is 2.07. The Bertz CT molecular complexity index is 535. The molecule has 4 nitrogen and oxygen atoms in total. The van der Waals surface area contributed by atoms with Crippen LogP contribution in [0, 0.1) is 0 Å². The Morgan fingerprint density at radius 2 is 2.17 bits per heavy atom. The molecule has 0 aliphatic rings. The molecule has 0 fully saturated rings. The first-order chi connectivity index (χ1) is 8.49. The van der Waals surface area contributed by atoms with Crippen molar-refractivity contribution in [1.29, 1.82) is 0 Å². The molecule has 0 N–H and O–H groups in total. The van der Waals surface area contributed by atoms with E-state index in [-0.39, 0.29) is 11.5 Å². The predicted octanol–water partition coefficient (Wildman–Crippen LogP) is 2.88. The minimum absolute atomic E-state index is 0.144. The van der Waals surface area contributed by atoms with E-state index in [1.54, 1.807) is 18.3 Å². The molecule has 0 bridgehead atoms. The Morgan fingerprint density at radius 1 is 1.50 bits per heavy atom. The van der Waals surface area contributed by atoms with Crippen LogP contribution in [0.15, 0.2) is 37.7 Å². The molecule has 1 heterocycles. The molecule has 0 saturated carbocycles. The van der Waals surface area contributed by atoms with E-state index < -0.39 is 0 Å². The summed E-state index contributed by atoms with van der Waals surface area (Å²) in [7, 11) is 1.34. The van der Waals surface area contributed by atoms with Crippen molar-refractivity contribution in [2.24, 2.45) is 0 Å². The first kappa shape index (κ1) is 15.2. The number of carbonyl (C=O) groups is 1. The van der Waals surface area contributed by atoms with Gasteiger partial charge in [-0.3, -0.25) is 4.79 Å². The van der Waals surface area contributed by atoms with Crippen LogP contribution in [0.2, 0.25) is 0 Å². The summed E-state index contributed by atoms with van der Waals surface area (Å²) >= 11 is 6.50. The van der Waals surface area contributed by atoms with Gasteiger partial charge in [0.05, 0.1) is 11.6 Å². The van der Waals surface area contributed by atoms with Crippen LogP contribution < -0.4 is 5.56 Å². The van der Waals surface area contributed by atoms with E-state index in [2.05, 4.69) is 36.6 Å². The maximum Gasteiger partial charge on any atom is 0.333 e. The largest absolute Gasteiger partial charge is 0.466 e. The zero-order valence-corrected chi connectivity index (χ0v) is 13.2. The van der Waals surface area contributed by atoms with Gasteiger partial charge in [0.15, 0.2) is 0 Å². The van der Waals surface area contributed by atoms with Crippen molar-refractivity contribution in [3.8, 4) is 0 Å². The van der Waals surface area contributed by atoms with Gasteiger partial charge in [-0.25, -0.2) is 4.79 Å². The van der Waals surface area contributed by atoms with Crippen molar-refractivity contribution < 1.29 is 9.53 Å². The predicted molar refractivity (Wildman–Crippen MR) is 76.5 cm³/mol. The number of ether oxygens (including phenoxy) is 1. The zero-order chi connectivity index (χ0) is 13.7. The van der Waals surface area contributed by atoms with Crippen molar-refractivity contribution in [2.45, 2.75) is 19.9 Å². The number of carbonyl (C=O) groups excluding carboxylic acids is 1. The van der Waals surface area contributed by atoms with Gasteiger partial charge in [0.25, 0.3) is 5.56 Å². The molecule has 0 saturated heterocycles. The van der Waals surface area contributed by atoms with Crippen LogP contribution in [0.5, 0.6) is 0 Å². The second-order valence-corrected chi connectivity index (χ2v) is 5.31. The van der Waals surface area contributed by atoms with Crippen LogP contribution in [0.3, 0.4) is 0 Å². The van der Waals surface area contributed by atoms with Crippen LogP contribution in [0.1, 0.15) is 13.3 Å². The molecule has 1 rings (SSSR count). The highest BCUT2D eigenvalue weighted by atomic mass is 79.9. The van der Waals surface area contributed by atoms with Gasteiger partial charge in [-0.05, 0) is 44.3 Å². The molecule has 1 aromatic rings. The fourth-order valence-corrected chi connectivity index (χ4v) is 2.67. The summed E-state index contributed by atoms with van der Waals surface area (Å²) in [5.74, 6) is -0.361. The highest BCUT2D eigenvalue weighted by molar-refractivity contribution is 9.11. The monoisotopic (exact) mass is 377 g/mol. The number of halogens is 2. The number of allylic oxidation sites excluding steroid dienone is 1. The molecule has 0 amide bonds. The zero-order valence-electron chi connectivity index (χ0n) is 10.1. The van der Waals surface area contributed by atoms with Gasteiger partial charge in [-0.1, -0.05) is 13.0 Å². The smallest absolute Gasteiger partial charge is 0.333 e. The van der Waals surface area contributed by atoms with Crippen molar-refractivity contribution in [3.63, 3.8) is 0 Å². The van der Waals surface area contributed by atoms with E-state index in [9.17, 15) is 9.59 Å². The molecule has 0 unspecified atom stereocenters. The Hall–Kier alpha value is -0.880. The summed E-state index contributed by atoms with van der Waals surface area (Å²) in [5, 5.41) is 0. The van der Waals surface area contributed by atoms with Crippen LogP contribution in [-0.4, -0.2) is 17.6 Å². The topological polar surface area (TPSA) is 48.3 Å². The quantitative estimate of drug-likeness (QED) is 0.597. The van der Waals surface area contributed by atoms with Crippen LogP contribution in [0.25, 0.3) is 0 Å². The van der Waals surface area contributed by atoms with Gasteiger partial charge in [0.2, 0.25) is 0 Å². The average Bonchev–Trinajstić information content (AvgIpc) is 2.35. The van der Waals surface area contributed by atoms with E-state index in [0.29, 0.717) is 23.0 Å². The lowest BCUT2D eigenvalue weighted by Crippen LogP contribution is -2.20. The maximum absolute atomic E-state index is 11.8. The van der Waals surface area contributed by atoms with E-state index in [1.165, 1.54) is 11.7 Å². The van der Waals surface area contributed by atoms with Gasteiger partial charge in [-0.15, -0.1) is 0 Å². The highest BCUT2D eigenvalue weighted by Crippen LogP contribution is 2.13. The summed E-state index contributed by atoms with van der Waals surface area (Å²) in [5.41, 5.74) is 0.412. The summed E-state index contributed by atoms with van der Waals surface area (Å²) < 4.78 is 7.43. The molecule has 0 atom stereocenters. The fraction of sp³-hybridized carbons (Fsp3) is 0.333. The normalized spacial score (nSPS) is 11.4. The first-order valence-electron chi connectivity index (χ1n) is 5.32. The number of hydrogen-bond donors (Lipinski definition) is 0. The SMILES string of the molecule is CC/C(=C/Cn1cc(Br)cc(Br)c1=O)C(=O)OC. The van der Waals surface area contributed by atoms with Crippen molar-refractivity contribution in [2.75, 3.05) is 7.11 Å². The molecule has 0 aromatic carbocycles. The molecule has 98 valence electrons. The van der Waals surface area contributed by atoms with Gasteiger partial charge in [0, 0.05) is 22.8 Å². The molecular formula is C12H13Br2NO3. The molecule has 0 spiro atoms. The number of nitrogens with zero attached hydrogens (tertiary/aromatic N) is 1. The fourth-order valence-electron chi connectivity index (χ4n) is 1.41. The second-order valence-electron chi connectivity index (χ2n) is 3.54. The summed E-state index contributed by atoms with van der Waals surface area (Å²) in [6.07, 6.45) is 3.94.